The van der Waals surface area contributed by atoms with E-state index in [4.69, 9.17) is 9.47 Å². The quantitative estimate of drug-likeness (QED) is 0.147. The van der Waals surface area contributed by atoms with Crippen molar-refractivity contribution in [1.82, 2.24) is 19.9 Å². The van der Waals surface area contributed by atoms with Crippen LogP contribution in [0.4, 0.5) is 0 Å². The van der Waals surface area contributed by atoms with Crippen molar-refractivity contribution >= 4 is 46.5 Å². The van der Waals surface area contributed by atoms with Gasteiger partial charge in [-0.15, -0.1) is 11.8 Å². The number of H-pyrrole nitrogens is 1. The second-order valence-electron chi connectivity index (χ2n) is 8.38. The van der Waals surface area contributed by atoms with Crippen LogP contribution >= 0.6 is 23.5 Å². The Bertz CT molecular complexity index is 1100. The summed E-state index contributed by atoms with van der Waals surface area (Å²) in [6.07, 6.45) is 3.44. The van der Waals surface area contributed by atoms with E-state index in [0.717, 1.165) is 46.4 Å². The fourth-order valence-corrected chi connectivity index (χ4v) is 5.66. The molecule has 0 atom stereocenters. The molecule has 2 heterocycles. The lowest BCUT2D eigenvalue weighted by Crippen LogP contribution is -2.31. The standard InChI is InChI=1S/C27H36N4O4S2/c1-4-34-25(32)12-16-31(17-13-26(33)35-5-2)15-8-18-36-24-11-14-28-23(20(24)3)19-37-27-29-21-9-6-7-10-22(21)30-27/h6-7,9-11,14H,4-5,8,12-13,15-19H2,1-3H3,(H,29,30). The van der Waals surface area contributed by atoms with Gasteiger partial charge < -0.3 is 19.4 Å². The highest BCUT2D eigenvalue weighted by Gasteiger charge is 2.13. The molecular weight excluding hydrogens is 508 g/mol. The minimum Gasteiger partial charge on any atom is -0.466 e. The molecule has 0 unspecified atom stereocenters. The molecule has 8 nitrogen and oxygen atoms in total. The number of aromatic nitrogens is 3. The van der Waals surface area contributed by atoms with Gasteiger partial charge in [0.1, 0.15) is 0 Å². The van der Waals surface area contributed by atoms with Crippen molar-refractivity contribution in [2.45, 2.75) is 55.8 Å². The first-order valence-corrected chi connectivity index (χ1v) is 14.7. The Morgan fingerprint density at radius 2 is 1.68 bits per heavy atom. The predicted octanol–water partition coefficient (Wildman–Crippen LogP) is 5.25. The lowest BCUT2D eigenvalue weighted by molar-refractivity contribution is -0.143. The average Bonchev–Trinajstić information content (AvgIpc) is 3.31. The van der Waals surface area contributed by atoms with Gasteiger partial charge in [0.15, 0.2) is 5.16 Å². The van der Waals surface area contributed by atoms with E-state index in [2.05, 4.69) is 32.8 Å². The Hall–Kier alpha value is -2.56. The molecule has 1 N–H and O–H groups in total. The number of carbonyl (C=O) groups is 2. The summed E-state index contributed by atoms with van der Waals surface area (Å²) in [5.41, 5.74) is 4.26. The van der Waals surface area contributed by atoms with Gasteiger partial charge in [0.25, 0.3) is 0 Å². The number of nitrogens with zero attached hydrogens (tertiary/aromatic N) is 3. The van der Waals surface area contributed by atoms with E-state index in [1.807, 2.05) is 42.2 Å². The second kappa shape index (κ2) is 15.6. The fourth-order valence-electron chi connectivity index (χ4n) is 3.77. The molecule has 0 bridgehead atoms. The first kappa shape index (κ1) is 29.0. The largest absolute Gasteiger partial charge is 0.466 e. The van der Waals surface area contributed by atoms with E-state index in [-0.39, 0.29) is 11.9 Å². The van der Waals surface area contributed by atoms with Crippen LogP contribution in [0.1, 0.15) is 44.4 Å². The van der Waals surface area contributed by atoms with Gasteiger partial charge in [-0.1, -0.05) is 23.9 Å². The number of esters is 2. The molecule has 2 aromatic heterocycles. The van der Waals surface area contributed by atoms with Crippen molar-refractivity contribution in [3.8, 4) is 0 Å². The second-order valence-corrected chi connectivity index (χ2v) is 10.5. The number of nitrogens with one attached hydrogen (secondary N) is 1. The lowest BCUT2D eigenvalue weighted by Gasteiger charge is -2.21. The summed E-state index contributed by atoms with van der Waals surface area (Å²) in [5.74, 6) is 1.25. The van der Waals surface area contributed by atoms with E-state index < -0.39 is 0 Å². The lowest BCUT2D eigenvalue weighted by atomic mass is 10.2. The summed E-state index contributed by atoms with van der Waals surface area (Å²) in [4.78, 5) is 39.6. The molecule has 0 aliphatic carbocycles. The zero-order chi connectivity index (χ0) is 26.5. The van der Waals surface area contributed by atoms with E-state index in [0.29, 0.717) is 39.1 Å². The van der Waals surface area contributed by atoms with Crippen LogP contribution in [-0.4, -0.2) is 70.4 Å². The first-order chi connectivity index (χ1) is 18.0. The number of rotatable bonds is 16. The zero-order valence-corrected chi connectivity index (χ0v) is 23.5. The van der Waals surface area contributed by atoms with E-state index in [1.165, 1.54) is 10.5 Å². The highest BCUT2D eigenvalue weighted by Crippen LogP contribution is 2.28. The molecule has 37 heavy (non-hydrogen) atoms. The summed E-state index contributed by atoms with van der Waals surface area (Å²) in [6.45, 7) is 8.42. The zero-order valence-electron chi connectivity index (χ0n) is 21.8. The van der Waals surface area contributed by atoms with Gasteiger partial charge in [0.2, 0.25) is 0 Å². The third-order valence-electron chi connectivity index (χ3n) is 5.72. The highest BCUT2D eigenvalue weighted by molar-refractivity contribution is 7.99. The van der Waals surface area contributed by atoms with Gasteiger partial charge in [0, 0.05) is 29.9 Å². The minimum atomic E-state index is -0.210. The molecule has 0 spiro atoms. The number of thioether (sulfide) groups is 2. The van der Waals surface area contributed by atoms with Crippen molar-refractivity contribution in [2.24, 2.45) is 0 Å². The molecule has 1 aromatic carbocycles. The number of carbonyl (C=O) groups excluding carboxylic acids is 2. The molecule has 0 aliphatic heterocycles. The van der Waals surface area contributed by atoms with Crippen LogP contribution in [0.2, 0.25) is 0 Å². The number of pyridine rings is 1. The summed E-state index contributed by atoms with van der Waals surface area (Å²) in [5, 5.41) is 0.895. The van der Waals surface area contributed by atoms with Crippen LogP contribution in [0.15, 0.2) is 46.6 Å². The molecule has 0 fully saturated rings. The predicted molar refractivity (Wildman–Crippen MR) is 149 cm³/mol. The normalized spacial score (nSPS) is 11.2. The molecule has 200 valence electrons. The molecule has 3 aromatic rings. The smallest absolute Gasteiger partial charge is 0.307 e. The van der Waals surface area contributed by atoms with Crippen LogP contribution in [0.3, 0.4) is 0 Å². The Labute approximate surface area is 227 Å². The average molecular weight is 545 g/mol. The molecule has 0 amide bonds. The SMILES string of the molecule is CCOC(=O)CCN(CCCSc1ccnc(CSc2nc3ccccc3[nH]2)c1C)CCC(=O)OCC. The third kappa shape index (κ3) is 9.68. The van der Waals surface area contributed by atoms with Crippen LogP contribution < -0.4 is 0 Å². The van der Waals surface area contributed by atoms with Gasteiger partial charge in [0.05, 0.1) is 42.8 Å². The molecule has 3 rings (SSSR count). The topological polar surface area (TPSA) is 97.4 Å². The molecule has 0 saturated heterocycles. The van der Waals surface area contributed by atoms with E-state index in [9.17, 15) is 9.59 Å². The highest BCUT2D eigenvalue weighted by atomic mass is 32.2. The number of para-hydroxylation sites is 2. The van der Waals surface area contributed by atoms with Gasteiger partial charge >= 0.3 is 11.9 Å². The van der Waals surface area contributed by atoms with Crippen molar-refractivity contribution in [1.29, 1.82) is 0 Å². The molecule has 10 heteroatoms. The molecule has 0 saturated carbocycles. The Balaban J connectivity index is 1.48. The maximum atomic E-state index is 11.8. The van der Waals surface area contributed by atoms with Crippen molar-refractivity contribution in [2.75, 3.05) is 38.6 Å². The van der Waals surface area contributed by atoms with E-state index >= 15 is 0 Å². The van der Waals surface area contributed by atoms with Crippen molar-refractivity contribution in [3.63, 3.8) is 0 Å². The number of aromatic amines is 1. The van der Waals surface area contributed by atoms with Gasteiger partial charge in [-0.05, 0) is 63.3 Å². The van der Waals surface area contributed by atoms with Crippen LogP contribution in [0.25, 0.3) is 11.0 Å². The summed E-state index contributed by atoms with van der Waals surface area (Å²) in [6, 6.07) is 10.1. The maximum absolute atomic E-state index is 11.8. The Morgan fingerprint density at radius 1 is 0.973 bits per heavy atom. The van der Waals surface area contributed by atoms with Gasteiger partial charge in [-0.25, -0.2) is 4.98 Å². The Kier molecular flexibility index (Phi) is 12.3. The van der Waals surface area contributed by atoms with Crippen molar-refractivity contribution < 1.29 is 19.1 Å². The van der Waals surface area contributed by atoms with Gasteiger partial charge in [-0.2, -0.15) is 0 Å². The number of fused-ring (bicyclic) bond motifs is 1. The third-order valence-corrected chi connectivity index (χ3v) is 7.85. The summed E-state index contributed by atoms with van der Waals surface area (Å²) in [7, 11) is 0. The first-order valence-electron chi connectivity index (χ1n) is 12.7. The van der Waals surface area contributed by atoms with Crippen molar-refractivity contribution in [3.05, 3.63) is 47.8 Å². The Morgan fingerprint density at radius 3 is 2.35 bits per heavy atom. The van der Waals surface area contributed by atoms with Crippen LogP contribution in [-0.2, 0) is 24.8 Å². The molecular formula is C27H36N4O4S2. The molecule has 0 aliphatic rings. The minimum absolute atomic E-state index is 0.210. The number of hydrogen-bond acceptors (Lipinski definition) is 9. The fraction of sp³-hybridized carbons (Fsp3) is 0.481. The number of benzene rings is 1. The summed E-state index contributed by atoms with van der Waals surface area (Å²) >= 11 is 3.47. The molecule has 0 radical (unpaired) electrons. The number of hydrogen-bond donors (Lipinski definition) is 1. The maximum Gasteiger partial charge on any atom is 0.307 e. The number of imidazole rings is 1. The van der Waals surface area contributed by atoms with Gasteiger partial charge in [-0.3, -0.25) is 14.6 Å². The monoisotopic (exact) mass is 544 g/mol. The van der Waals surface area contributed by atoms with E-state index in [1.54, 1.807) is 25.6 Å². The van der Waals surface area contributed by atoms with Crippen LogP contribution in [0.5, 0.6) is 0 Å². The number of ether oxygens (including phenoxy) is 2. The summed E-state index contributed by atoms with van der Waals surface area (Å²) < 4.78 is 10.1. The van der Waals surface area contributed by atoms with Crippen LogP contribution in [0, 0.1) is 6.92 Å².